The molecule has 11 heteroatoms. The Morgan fingerprint density at radius 1 is 0.979 bits per heavy atom. The molecule has 2 atom stereocenters. The molecule has 0 radical (unpaired) electrons. The molecule has 4 aromatic carbocycles. The maximum Gasteiger partial charge on any atom is 0.252 e. The molecule has 0 saturated heterocycles. The summed E-state index contributed by atoms with van der Waals surface area (Å²) in [4.78, 5) is 21.6. The summed E-state index contributed by atoms with van der Waals surface area (Å²) < 4.78 is 40.1. The average molecular weight is 721 g/mol. The van der Waals surface area contributed by atoms with Crippen LogP contribution in [-0.2, 0) is 25.9 Å². The van der Waals surface area contributed by atoms with Crippen molar-refractivity contribution >= 4 is 43.3 Å². The molecule has 1 amide bonds. The monoisotopic (exact) mass is 719 g/mol. The first kappa shape index (κ1) is 34.2. The number of ether oxygens (including phenoxy) is 2. The van der Waals surface area contributed by atoms with Crippen LogP contribution in [-0.4, -0.2) is 63.9 Å². The molecule has 1 aliphatic heterocycles. The second-order valence-electron chi connectivity index (χ2n) is 11.4. The Morgan fingerprint density at radius 2 is 1.66 bits per heavy atom. The predicted octanol–water partition coefficient (Wildman–Crippen LogP) is 5.71. The lowest BCUT2D eigenvalue weighted by molar-refractivity contribution is -0.129. The second kappa shape index (κ2) is 15.1. The van der Waals surface area contributed by atoms with E-state index in [1.165, 1.54) is 0 Å². The van der Waals surface area contributed by atoms with E-state index in [9.17, 15) is 13.2 Å². The lowest BCUT2D eigenvalue weighted by Crippen LogP contribution is -2.49. The van der Waals surface area contributed by atoms with Crippen LogP contribution in [0.25, 0.3) is 0 Å². The van der Waals surface area contributed by atoms with Gasteiger partial charge in [0.05, 0.1) is 17.3 Å². The van der Waals surface area contributed by atoms with Gasteiger partial charge in [-0.3, -0.25) is 4.79 Å². The van der Waals surface area contributed by atoms with Gasteiger partial charge in [-0.15, -0.1) is 0 Å². The maximum absolute atomic E-state index is 14.5. The van der Waals surface area contributed by atoms with Crippen molar-refractivity contribution in [3.63, 3.8) is 0 Å². The van der Waals surface area contributed by atoms with Gasteiger partial charge in [0, 0.05) is 61.4 Å². The maximum atomic E-state index is 14.5. The quantitative estimate of drug-likeness (QED) is 0.160. The van der Waals surface area contributed by atoms with Gasteiger partial charge >= 0.3 is 0 Å². The second-order valence-corrected chi connectivity index (χ2v) is 14.4. The summed E-state index contributed by atoms with van der Waals surface area (Å²) in [7, 11) is 0.146. The van der Waals surface area contributed by atoms with Crippen molar-refractivity contribution in [1.29, 1.82) is 0 Å². The van der Waals surface area contributed by atoms with Crippen molar-refractivity contribution in [2.45, 2.75) is 35.9 Å². The first-order valence-electron chi connectivity index (χ1n) is 15.3. The van der Waals surface area contributed by atoms with Crippen molar-refractivity contribution in [3.8, 4) is 5.75 Å². The molecule has 0 fully saturated rings. The normalized spacial score (nSPS) is 17.4. The van der Waals surface area contributed by atoms with Gasteiger partial charge in [0.25, 0.3) is 5.91 Å². The number of aliphatic hydroxyl groups is 1. The Hall–Kier alpha value is -4.19. The molecule has 2 N–H and O–H groups in total. The standard InChI is InChI=1S/C36H38BrN3O6S/c1-40(2)28-17-13-26(14-18-28)25-38-35(42)36(21-24-47(43,44)30-9-4-3-5-10-30)33(31-11-6-7-12-32(31)37)46-34(39-36)27-15-19-29(20-16-27)45-23-8-22-41/h3-7,9-20,33,41H,8,21-25H2,1-2H3,(H,38,42)/t33-,36-/m1/s1. The van der Waals surface area contributed by atoms with Crippen LogP contribution in [0.5, 0.6) is 5.75 Å². The van der Waals surface area contributed by atoms with Crippen LogP contribution in [0.15, 0.2) is 117 Å². The van der Waals surface area contributed by atoms with Crippen LogP contribution in [0.1, 0.15) is 35.6 Å². The summed E-state index contributed by atoms with van der Waals surface area (Å²) in [5.74, 6) is 0.0505. The van der Waals surface area contributed by atoms with Gasteiger partial charge in [-0.25, -0.2) is 13.4 Å². The van der Waals surface area contributed by atoms with Crippen molar-refractivity contribution in [1.82, 2.24) is 5.32 Å². The number of hydrogen-bond acceptors (Lipinski definition) is 8. The highest BCUT2D eigenvalue weighted by Gasteiger charge is 2.54. The van der Waals surface area contributed by atoms with Crippen molar-refractivity contribution < 1.29 is 27.8 Å². The summed E-state index contributed by atoms with van der Waals surface area (Å²) in [5, 5.41) is 12.1. The fourth-order valence-electron chi connectivity index (χ4n) is 5.32. The minimum atomic E-state index is -3.77. The highest BCUT2D eigenvalue weighted by molar-refractivity contribution is 9.10. The van der Waals surface area contributed by atoms with Gasteiger partial charge in [0.2, 0.25) is 5.90 Å². The van der Waals surface area contributed by atoms with Gasteiger partial charge < -0.3 is 24.8 Å². The number of amides is 1. The van der Waals surface area contributed by atoms with Gasteiger partial charge in [-0.1, -0.05) is 64.5 Å². The number of carbonyl (C=O) groups excluding carboxylic acids is 1. The highest BCUT2D eigenvalue weighted by Crippen LogP contribution is 2.45. The molecule has 9 nitrogen and oxygen atoms in total. The largest absolute Gasteiger partial charge is 0.494 e. The number of aliphatic imine (C=N–C) groups is 1. The number of carbonyl (C=O) groups is 1. The number of aliphatic hydroxyl groups excluding tert-OH is 1. The Kier molecular flexibility index (Phi) is 11.0. The van der Waals surface area contributed by atoms with Crippen LogP contribution in [0.3, 0.4) is 0 Å². The molecule has 47 heavy (non-hydrogen) atoms. The molecule has 0 bridgehead atoms. The van der Waals surface area contributed by atoms with Gasteiger partial charge in [-0.2, -0.15) is 0 Å². The molecular formula is C36H38BrN3O6S. The molecule has 0 aromatic heterocycles. The summed E-state index contributed by atoms with van der Waals surface area (Å²) in [5.41, 5.74) is 1.56. The van der Waals surface area contributed by atoms with E-state index in [0.29, 0.717) is 34.4 Å². The average Bonchev–Trinajstić information content (AvgIpc) is 3.48. The van der Waals surface area contributed by atoms with Crippen molar-refractivity contribution in [2.75, 3.05) is 38.0 Å². The zero-order valence-corrected chi connectivity index (χ0v) is 28.7. The fourth-order valence-corrected chi connectivity index (χ4v) is 7.20. The molecule has 0 spiro atoms. The van der Waals surface area contributed by atoms with E-state index in [1.54, 1.807) is 54.6 Å². The Balaban J connectivity index is 1.54. The fraction of sp³-hybridized carbons (Fsp3) is 0.278. The Morgan fingerprint density at radius 3 is 2.32 bits per heavy atom. The van der Waals surface area contributed by atoms with Crippen LogP contribution in [0.4, 0.5) is 5.69 Å². The van der Waals surface area contributed by atoms with Crippen molar-refractivity contribution in [3.05, 3.63) is 124 Å². The molecule has 246 valence electrons. The third-order valence-corrected chi connectivity index (χ3v) is 10.4. The molecule has 1 heterocycles. The summed E-state index contributed by atoms with van der Waals surface area (Å²) in [6.07, 6.45) is -0.558. The molecule has 0 saturated carbocycles. The summed E-state index contributed by atoms with van der Waals surface area (Å²) in [6, 6.07) is 30.5. The lowest BCUT2D eigenvalue weighted by Gasteiger charge is -2.31. The van der Waals surface area contributed by atoms with Crippen LogP contribution in [0, 0.1) is 0 Å². The van der Waals surface area contributed by atoms with E-state index < -0.39 is 27.4 Å². The van der Waals surface area contributed by atoms with E-state index in [0.717, 1.165) is 11.3 Å². The number of anilines is 1. The van der Waals surface area contributed by atoms with Crippen molar-refractivity contribution in [2.24, 2.45) is 4.99 Å². The Labute approximate surface area is 284 Å². The first-order chi connectivity index (χ1) is 22.6. The summed E-state index contributed by atoms with van der Waals surface area (Å²) in [6.45, 7) is 0.617. The Bertz CT molecular complexity index is 1800. The molecular weight excluding hydrogens is 682 g/mol. The minimum Gasteiger partial charge on any atom is -0.494 e. The topological polar surface area (TPSA) is 118 Å². The van der Waals surface area contributed by atoms with E-state index in [-0.39, 0.29) is 36.1 Å². The van der Waals surface area contributed by atoms with E-state index >= 15 is 0 Å². The zero-order chi connectivity index (χ0) is 33.4. The molecule has 5 rings (SSSR count). The van der Waals surface area contributed by atoms with E-state index in [2.05, 4.69) is 21.2 Å². The molecule has 1 aliphatic rings. The number of hydrogen-bond donors (Lipinski definition) is 2. The minimum absolute atomic E-state index is 0.0324. The number of rotatable bonds is 14. The number of nitrogens with zero attached hydrogens (tertiary/aromatic N) is 2. The van der Waals surface area contributed by atoms with Crippen LogP contribution in [0.2, 0.25) is 0 Å². The number of sulfone groups is 1. The zero-order valence-electron chi connectivity index (χ0n) is 26.3. The molecule has 0 aliphatic carbocycles. The van der Waals surface area contributed by atoms with Gasteiger partial charge in [0.1, 0.15) is 5.75 Å². The number of halogens is 1. The van der Waals surface area contributed by atoms with E-state index in [1.807, 2.05) is 67.5 Å². The third-order valence-electron chi connectivity index (χ3n) is 7.98. The molecule has 4 aromatic rings. The van der Waals surface area contributed by atoms with Crippen LogP contribution < -0.4 is 15.0 Å². The summed E-state index contributed by atoms with van der Waals surface area (Å²) >= 11 is 3.62. The van der Waals surface area contributed by atoms with Gasteiger partial charge in [0.15, 0.2) is 21.5 Å². The number of benzene rings is 4. The van der Waals surface area contributed by atoms with E-state index in [4.69, 9.17) is 19.6 Å². The lowest BCUT2D eigenvalue weighted by atomic mass is 9.85. The third kappa shape index (κ3) is 8.04. The smallest absolute Gasteiger partial charge is 0.252 e. The molecule has 0 unspecified atom stereocenters. The highest BCUT2D eigenvalue weighted by atomic mass is 79.9. The first-order valence-corrected chi connectivity index (χ1v) is 17.7. The number of nitrogens with one attached hydrogen (secondary N) is 1. The SMILES string of the molecule is CN(C)c1ccc(CNC(=O)[C@]2(CCS(=O)(=O)c3ccccc3)N=C(c3ccc(OCCCO)cc3)O[C@@H]2c2ccccc2Br)cc1. The van der Waals surface area contributed by atoms with Gasteiger partial charge in [-0.05, 0) is 60.2 Å². The predicted molar refractivity (Wildman–Crippen MR) is 187 cm³/mol. The van der Waals surface area contributed by atoms with Crippen LogP contribution >= 0.6 is 15.9 Å².